The second-order valence-electron chi connectivity index (χ2n) is 16.3. The maximum Gasteiger partial charge on any atom is 0.119 e. The van der Waals surface area contributed by atoms with E-state index in [1.54, 1.807) is 5.56 Å². The molecule has 6 rings (SSSR count). The third-order valence-corrected chi connectivity index (χ3v) is 14.8. The van der Waals surface area contributed by atoms with E-state index in [0.717, 1.165) is 24.9 Å². The SMILES string of the molecule is C/C=C/CCCCCC1c2ccc(C)cc2SCC1(C)c1ccc(C)cc1.C=C.Cc1ccc(C2(C)CSc3cc(C)ccc3C2CCCCCC=O)cc1. The molecule has 0 bridgehead atoms. The summed E-state index contributed by atoms with van der Waals surface area (Å²) in [6, 6.07) is 32.5. The lowest BCUT2D eigenvalue weighted by molar-refractivity contribution is -0.107. The summed E-state index contributed by atoms with van der Waals surface area (Å²) in [6.07, 6.45) is 17.3. The molecule has 1 nitrogen and oxygen atoms in total. The largest absolute Gasteiger partial charge is 0.303 e. The fraction of sp³-hybridized carbons (Fsp3) is 0.442. The number of hydrogen-bond donors (Lipinski definition) is 0. The zero-order chi connectivity index (χ0) is 39.8. The molecule has 55 heavy (non-hydrogen) atoms. The van der Waals surface area contributed by atoms with E-state index in [9.17, 15) is 4.79 Å². The second-order valence-corrected chi connectivity index (χ2v) is 18.4. The number of rotatable bonds is 14. The van der Waals surface area contributed by atoms with Crippen LogP contribution in [0.3, 0.4) is 0 Å². The van der Waals surface area contributed by atoms with Gasteiger partial charge in [0.15, 0.2) is 0 Å². The molecule has 3 heteroatoms. The lowest BCUT2D eigenvalue weighted by Gasteiger charge is -2.43. The molecule has 4 unspecified atom stereocenters. The van der Waals surface area contributed by atoms with Crippen LogP contribution in [0.1, 0.15) is 141 Å². The van der Waals surface area contributed by atoms with Crippen LogP contribution in [-0.2, 0) is 15.6 Å². The minimum atomic E-state index is 0.158. The number of carbonyl (C=O) groups excluding carboxylic acids is 1. The molecule has 2 aliphatic heterocycles. The number of aryl methyl sites for hydroxylation is 4. The summed E-state index contributed by atoms with van der Waals surface area (Å²) in [6.45, 7) is 21.8. The van der Waals surface area contributed by atoms with E-state index >= 15 is 0 Å². The van der Waals surface area contributed by atoms with Gasteiger partial charge in [-0.05, 0) is 113 Å². The van der Waals surface area contributed by atoms with Gasteiger partial charge in [-0.25, -0.2) is 0 Å². The van der Waals surface area contributed by atoms with E-state index in [0.29, 0.717) is 18.3 Å². The van der Waals surface area contributed by atoms with Crippen molar-refractivity contribution in [1.82, 2.24) is 0 Å². The van der Waals surface area contributed by atoms with Crippen LogP contribution in [0.5, 0.6) is 0 Å². The topological polar surface area (TPSA) is 17.1 Å². The second kappa shape index (κ2) is 21.9. The molecule has 0 amide bonds. The highest BCUT2D eigenvalue weighted by atomic mass is 32.2. The van der Waals surface area contributed by atoms with Gasteiger partial charge in [-0.2, -0.15) is 0 Å². The highest BCUT2D eigenvalue weighted by Crippen LogP contribution is 2.53. The molecule has 2 heterocycles. The molecule has 4 atom stereocenters. The lowest BCUT2D eigenvalue weighted by atomic mass is 9.67. The Morgan fingerprint density at radius 2 is 0.982 bits per heavy atom. The van der Waals surface area contributed by atoms with Crippen molar-refractivity contribution in [2.75, 3.05) is 11.5 Å². The number of hydrogen-bond acceptors (Lipinski definition) is 3. The molecule has 2 aliphatic rings. The van der Waals surface area contributed by atoms with Crippen LogP contribution >= 0.6 is 23.5 Å². The predicted molar refractivity (Wildman–Crippen MR) is 245 cm³/mol. The molecule has 0 fully saturated rings. The van der Waals surface area contributed by atoms with Crippen LogP contribution in [0, 0.1) is 27.7 Å². The first-order chi connectivity index (χ1) is 26.6. The Kier molecular flexibility index (Phi) is 17.7. The van der Waals surface area contributed by atoms with E-state index in [-0.39, 0.29) is 10.8 Å². The molecular formula is C52H68OS2. The normalized spacial score (nSPS) is 21.4. The van der Waals surface area contributed by atoms with Crippen molar-refractivity contribution < 1.29 is 4.79 Å². The van der Waals surface area contributed by atoms with Gasteiger partial charge in [-0.3, -0.25) is 0 Å². The maximum atomic E-state index is 10.6. The van der Waals surface area contributed by atoms with Gasteiger partial charge >= 0.3 is 0 Å². The fourth-order valence-electron chi connectivity index (χ4n) is 8.54. The summed E-state index contributed by atoms with van der Waals surface area (Å²) in [5, 5.41) is 0. The standard InChI is InChI=1S/C26H34S.C24H30OS.C2H4/c1-5-6-7-8-9-10-11-24-23-17-14-21(3)18-25(23)27-19-26(24,4)22-15-12-20(2)13-16-22;1-18-9-12-20(13-10-18)24(3)17-26-23-16-19(2)11-14-21(23)22(24)8-6-4-5-7-15-25;1-2/h5-6,12-18,24H,7-11,19H2,1-4H3;9-16,22H,4-8,17H2,1-3H3;1-2H2/b6-5+;;. The first-order valence-electron chi connectivity index (χ1n) is 20.7. The number of benzene rings is 4. The molecule has 0 aromatic heterocycles. The van der Waals surface area contributed by atoms with Crippen molar-refractivity contribution in [3.05, 3.63) is 155 Å². The summed E-state index contributed by atoms with van der Waals surface area (Å²) in [5.74, 6) is 3.46. The highest BCUT2D eigenvalue weighted by molar-refractivity contribution is 7.99. The Morgan fingerprint density at radius 3 is 1.38 bits per heavy atom. The summed E-state index contributed by atoms with van der Waals surface area (Å²) >= 11 is 4.07. The number of unbranched alkanes of at least 4 members (excludes halogenated alkanes) is 6. The highest BCUT2D eigenvalue weighted by Gasteiger charge is 2.42. The van der Waals surface area contributed by atoms with Crippen LogP contribution in [0.25, 0.3) is 0 Å². The van der Waals surface area contributed by atoms with Gasteiger partial charge in [-0.15, -0.1) is 36.7 Å². The Bertz CT molecular complexity index is 1800. The fourth-order valence-corrected chi connectivity index (χ4v) is 11.5. The Balaban J connectivity index is 0.000000234. The smallest absolute Gasteiger partial charge is 0.119 e. The van der Waals surface area contributed by atoms with Crippen LogP contribution in [0.15, 0.2) is 120 Å². The third kappa shape index (κ3) is 11.6. The van der Waals surface area contributed by atoms with E-state index in [2.05, 4.69) is 170 Å². The number of carbonyl (C=O) groups is 1. The maximum absolute atomic E-state index is 10.6. The van der Waals surface area contributed by atoms with Crippen LogP contribution < -0.4 is 0 Å². The van der Waals surface area contributed by atoms with E-state index in [1.807, 2.05) is 11.8 Å². The zero-order valence-corrected chi connectivity index (χ0v) is 36.7. The predicted octanol–water partition coefficient (Wildman–Crippen LogP) is 15.4. The zero-order valence-electron chi connectivity index (χ0n) is 35.1. The number of aldehydes is 1. The van der Waals surface area contributed by atoms with Gasteiger partial charge in [0, 0.05) is 38.5 Å². The van der Waals surface area contributed by atoms with Crippen molar-refractivity contribution in [2.45, 2.75) is 145 Å². The molecule has 4 aromatic rings. The molecular weight excluding hydrogens is 705 g/mol. The monoisotopic (exact) mass is 772 g/mol. The van der Waals surface area contributed by atoms with E-state index < -0.39 is 0 Å². The molecule has 0 aliphatic carbocycles. The molecule has 4 aromatic carbocycles. The Morgan fingerprint density at radius 1 is 0.582 bits per heavy atom. The van der Waals surface area contributed by atoms with E-state index in [4.69, 9.17) is 0 Å². The minimum absolute atomic E-state index is 0.158. The first-order valence-corrected chi connectivity index (χ1v) is 22.7. The number of allylic oxidation sites excluding steroid dienone is 2. The van der Waals surface area contributed by atoms with Gasteiger partial charge in [0.05, 0.1) is 0 Å². The van der Waals surface area contributed by atoms with Crippen molar-refractivity contribution in [3.63, 3.8) is 0 Å². The van der Waals surface area contributed by atoms with Crippen LogP contribution in [0.2, 0.25) is 0 Å². The molecule has 0 spiro atoms. The third-order valence-electron chi connectivity index (χ3n) is 12.0. The Labute approximate surface area is 344 Å². The van der Waals surface area contributed by atoms with E-state index in [1.165, 1.54) is 99.4 Å². The average molecular weight is 773 g/mol. The molecule has 0 saturated heterocycles. The minimum Gasteiger partial charge on any atom is -0.303 e. The van der Waals surface area contributed by atoms with Gasteiger partial charge in [0.2, 0.25) is 0 Å². The van der Waals surface area contributed by atoms with Gasteiger partial charge in [0.1, 0.15) is 6.29 Å². The lowest BCUT2D eigenvalue weighted by Crippen LogP contribution is -2.36. The molecule has 294 valence electrons. The van der Waals surface area contributed by atoms with Gasteiger partial charge in [-0.1, -0.05) is 147 Å². The van der Waals surface area contributed by atoms with Crippen molar-refractivity contribution in [3.8, 4) is 0 Å². The average Bonchev–Trinajstić information content (AvgIpc) is 3.19. The van der Waals surface area contributed by atoms with Gasteiger partial charge in [0.25, 0.3) is 0 Å². The van der Waals surface area contributed by atoms with Crippen molar-refractivity contribution in [2.24, 2.45) is 0 Å². The number of thioether (sulfide) groups is 2. The molecule has 0 radical (unpaired) electrons. The Hall–Kier alpha value is -3.27. The van der Waals surface area contributed by atoms with Crippen molar-refractivity contribution in [1.29, 1.82) is 0 Å². The summed E-state index contributed by atoms with van der Waals surface area (Å²) in [5.41, 5.74) is 11.8. The summed E-state index contributed by atoms with van der Waals surface area (Å²) in [4.78, 5) is 13.6. The molecule has 0 saturated carbocycles. The van der Waals surface area contributed by atoms with Crippen molar-refractivity contribution >= 4 is 29.8 Å². The summed E-state index contributed by atoms with van der Waals surface area (Å²) in [7, 11) is 0. The first kappa shape index (κ1) is 44.4. The van der Waals surface area contributed by atoms with Crippen LogP contribution in [0.4, 0.5) is 0 Å². The summed E-state index contributed by atoms with van der Waals surface area (Å²) < 4.78 is 0. The number of fused-ring (bicyclic) bond motifs is 2. The molecule has 0 N–H and O–H groups in total. The van der Waals surface area contributed by atoms with Crippen LogP contribution in [-0.4, -0.2) is 17.8 Å². The van der Waals surface area contributed by atoms with Gasteiger partial charge < -0.3 is 4.79 Å². The quantitative estimate of drug-likeness (QED) is 0.0722.